The fourth-order valence-corrected chi connectivity index (χ4v) is 3.07. The molecule has 0 aliphatic rings. The van der Waals surface area contributed by atoms with Gasteiger partial charge in [-0.05, 0) is 37.6 Å². The summed E-state index contributed by atoms with van der Waals surface area (Å²) in [6.07, 6.45) is 3.29. The van der Waals surface area contributed by atoms with Gasteiger partial charge in [0.2, 0.25) is 0 Å². The van der Waals surface area contributed by atoms with Crippen LogP contribution in [0, 0.1) is 18.3 Å². The molecule has 0 saturated carbocycles. The maximum absolute atomic E-state index is 12.6. The number of nitrogens with zero attached hydrogens (tertiary/aromatic N) is 2. The molecule has 1 heterocycles. The number of anilines is 1. The highest BCUT2D eigenvalue weighted by Crippen LogP contribution is 2.24. The number of para-hydroxylation sites is 2. The average molecular weight is 387 g/mol. The third-order valence-electron chi connectivity index (χ3n) is 4.48. The lowest BCUT2D eigenvalue weighted by Gasteiger charge is -2.07. The minimum Gasteiger partial charge on any atom is -0.465 e. The second-order valence-corrected chi connectivity index (χ2v) is 6.47. The molecular formula is C23H21N3O3. The Morgan fingerprint density at radius 1 is 1.17 bits per heavy atom. The summed E-state index contributed by atoms with van der Waals surface area (Å²) in [5.74, 6) is -0.828. The zero-order valence-corrected chi connectivity index (χ0v) is 16.3. The first-order valence-corrected chi connectivity index (χ1v) is 9.25. The number of benzene rings is 2. The van der Waals surface area contributed by atoms with Crippen LogP contribution in [0.3, 0.4) is 0 Å². The van der Waals surface area contributed by atoms with E-state index in [1.54, 1.807) is 23.8 Å². The predicted molar refractivity (Wildman–Crippen MR) is 112 cm³/mol. The third-order valence-corrected chi connectivity index (χ3v) is 4.48. The molecule has 146 valence electrons. The molecule has 29 heavy (non-hydrogen) atoms. The van der Waals surface area contributed by atoms with Gasteiger partial charge in [-0.25, -0.2) is 0 Å². The molecule has 0 radical (unpaired) electrons. The van der Waals surface area contributed by atoms with Crippen molar-refractivity contribution in [3.05, 3.63) is 71.4 Å². The Morgan fingerprint density at radius 2 is 1.90 bits per heavy atom. The SMILES string of the molecule is CCOC(=O)Cn1cc(/C=C(\C#N)C(=O)Nc2ccccc2C)c2ccccc21. The van der Waals surface area contributed by atoms with Gasteiger partial charge in [-0.3, -0.25) is 9.59 Å². The number of carbonyl (C=O) groups is 2. The van der Waals surface area contributed by atoms with E-state index in [0.717, 1.165) is 16.5 Å². The molecule has 3 aromatic rings. The summed E-state index contributed by atoms with van der Waals surface area (Å²) < 4.78 is 6.79. The highest BCUT2D eigenvalue weighted by atomic mass is 16.5. The minimum atomic E-state index is -0.482. The number of hydrogen-bond acceptors (Lipinski definition) is 4. The number of ether oxygens (including phenoxy) is 1. The van der Waals surface area contributed by atoms with E-state index in [2.05, 4.69) is 5.32 Å². The molecule has 0 spiro atoms. The second-order valence-electron chi connectivity index (χ2n) is 6.47. The van der Waals surface area contributed by atoms with Crippen LogP contribution in [0.15, 0.2) is 60.3 Å². The molecule has 0 fully saturated rings. The Hall–Kier alpha value is -3.85. The molecule has 1 amide bonds. The number of fused-ring (bicyclic) bond motifs is 1. The molecule has 2 aromatic carbocycles. The number of amides is 1. The van der Waals surface area contributed by atoms with E-state index in [0.29, 0.717) is 17.9 Å². The van der Waals surface area contributed by atoms with Crippen molar-refractivity contribution in [1.82, 2.24) is 4.57 Å². The summed E-state index contributed by atoms with van der Waals surface area (Å²) in [7, 11) is 0. The smallest absolute Gasteiger partial charge is 0.325 e. The van der Waals surface area contributed by atoms with Crippen LogP contribution >= 0.6 is 0 Å². The van der Waals surface area contributed by atoms with Crippen LogP contribution in [0.25, 0.3) is 17.0 Å². The maximum Gasteiger partial charge on any atom is 0.325 e. The van der Waals surface area contributed by atoms with Crippen LogP contribution in [0.2, 0.25) is 0 Å². The van der Waals surface area contributed by atoms with Crippen LogP contribution in [-0.4, -0.2) is 23.1 Å². The van der Waals surface area contributed by atoms with E-state index in [4.69, 9.17) is 4.74 Å². The van der Waals surface area contributed by atoms with Crippen molar-refractivity contribution in [3.8, 4) is 6.07 Å². The molecule has 1 aromatic heterocycles. The lowest BCUT2D eigenvalue weighted by atomic mass is 10.1. The van der Waals surface area contributed by atoms with E-state index in [1.807, 2.05) is 55.5 Å². The number of aromatic nitrogens is 1. The predicted octanol–water partition coefficient (Wildman–Crippen LogP) is 4.06. The van der Waals surface area contributed by atoms with Gasteiger partial charge < -0.3 is 14.6 Å². The molecule has 0 saturated heterocycles. The van der Waals surface area contributed by atoms with Crippen LogP contribution in [0.5, 0.6) is 0 Å². The van der Waals surface area contributed by atoms with Gasteiger partial charge in [0.15, 0.2) is 0 Å². The number of aryl methyl sites for hydroxylation is 1. The van der Waals surface area contributed by atoms with Crippen LogP contribution < -0.4 is 5.32 Å². The molecule has 0 unspecified atom stereocenters. The zero-order chi connectivity index (χ0) is 20.8. The number of hydrogen-bond donors (Lipinski definition) is 1. The first-order chi connectivity index (χ1) is 14.0. The van der Waals surface area contributed by atoms with Crippen molar-refractivity contribution in [3.63, 3.8) is 0 Å². The highest BCUT2D eigenvalue weighted by molar-refractivity contribution is 6.11. The largest absolute Gasteiger partial charge is 0.465 e. The van der Waals surface area contributed by atoms with Crippen LogP contribution in [0.4, 0.5) is 5.69 Å². The van der Waals surface area contributed by atoms with Gasteiger partial charge in [-0.2, -0.15) is 5.26 Å². The molecule has 3 rings (SSSR count). The summed E-state index contributed by atoms with van der Waals surface area (Å²) in [6, 6.07) is 16.8. The number of esters is 1. The van der Waals surface area contributed by atoms with Gasteiger partial charge in [0.1, 0.15) is 18.2 Å². The van der Waals surface area contributed by atoms with Crippen LogP contribution in [-0.2, 0) is 20.9 Å². The Labute approximate surface area is 169 Å². The summed E-state index contributed by atoms with van der Waals surface area (Å²) in [5.41, 5.74) is 3.05. The fourth-order valence-electron chi connectivity index (χ4n) is 3.07. The third kappa shape index (κ3) is 4.53. The number of nitrogens with one attached hydrogen (secondary N) is 1. The first-order valence-electron chi connectivity index (χ1n) is 9.25. The van der Waals surface area contributed by atoms with Crippen molar-refractivity contribution >= 4 is 34.5 Å². The summed E-state index contributed by atoms with van der Waals surface area (Å²) in [4.78, 5) is 24.5. The van der Waals surface area contributed by atoms with E-state index >= 15 is 0 Å². The lowest BCUT2D eigenvalue weighted by molar-refractivity contribution is -0.143. The van der Waals surface area contributed by atoms with Crippen molar-refractivity contribution < 1.29 is 14.3 Å². The average Bonchev–Trinajstić information content (AvgIpc) is 3.05. The zero-order valence-electron chi connectivity index (χ0n) is 16.3. The van der Waals surface area contributed by atoms with E-state index < -0.39 is 5.91 Å². The number of carbonyl (C=O) groups excluding carboxylic acids is 2. The Kier molecular flexibility index (Phi) is 6.10. The fraction of sp³-hybridized carbons (Fsp3) is 0.174. The number of nitriles is 1. The van der Waals surface area contributed by atoms with Crippen LogP contribution in [0.1, 0.15) is 18.1 Å². The Bertz CT molecular complexity index is 1140. The summed E-state index contributed by atoms with van der Waals surface area (Å²) >= 11 is 0. The lowest BCUT2D eigenvalue weighted by Crippen LogP contribution is -2.14. The first kappa shape index (κ1) is 19.9. The van der Waals surface area contributed by atoms with Crippen molar-refractivity contribution in [1.29, 1.82) is 5.26 Å². The molecule has 0 atom stereocenters. The summed E-state index contributed by atoms with van der Waals surface area (Å²) in [6.45, 7) is 4.00. The van der Waals surface area contributed by atoms with Gasteiger partial charge in [0.05, 0.1) is 6.61 Å². The minimum absolute atomic E-state index is 0.0210. The second kappa shape index (κ2) is 8.89. The molecule has 0 bridgehead atoms. The monoisotopic (exact) mass is 387 g/mol. The van der Waals surface area contributed by atoms with Gasteiger partial charge in [0, 0.05) is 28.4 Å². The normalized spacial score (nSPS) is 11.1. The van der Waals surface area contributed by atoms with Gasteiger partial charge in [0.25, 0.3) is 5.91 Å². The van der Waals surface area contributed by atoms with Crippen molar-refractivity contribution in [2.75, 3.05) is 11.9 Å². The molecular weight excluding hydrogens is 366 g/mol. The highest BCUT2D eigenvalue weighted by Gasteiger charge is 2.14. The topological polar surface area (TPSA) is 84.1 Å². The Morgan fingerprint density at radius 3 is 2.62 bits per heavy atom. The molecule has 1 N–H and O–H groups in total. The quantitative estimate of drug-likeness (QED) is 0.393. The van der Waals surface area contributed by atoms with E-state index in [-0.39, 0.29) is 18.1 Å². The standard InChI is InChI=1S/C23H21N3O3/c1-3-29-22(27)15-26-14-18(19-9-5-7-11-21(19)26)12-17(13-24)23(28)25-20-10-6-4-8-16(20)2/h4-12,14H,3,15H2,1-2H3,(H,25,28)/b17-12+. The van der Waals surface area contributed by atoms with Gasteiger partial charge in [-0.15, -0.1) is 0 Å². The molecule has 0 aliphatic carbocycles. The Balaban J connectivity index is 1.95. The van der Waals surface area contributed by atoms with Crippen molar-refractivity contribution in [2.45, 2.75) is 20.4 Å². The maximum atomic E-state index is 12.6. The van der Waals surface area contributed by atoms with Crippen molar-refractivity contribution in [2.24, 2.45) is 0 Å². The molecule has 6 heteroatoms. The summed E-state index contributed by atoms with van der Waals surface area (Å²) in [5, 5.41) is 13.2. The molecule has 0 aliphatic heterocycles. The molecule has 6 nitrogen and oxygen atoms in total. The van der Waals surface area contributed by atoms with E-state index in [9.17, 15) is 14.9 Å². The van der Waals surface area contributed by atoms with Gasteiger partial charge in [-0.1, -0.05) is 36.4 Å². The van der Waals surface area contributed by atoms with E-state index in [1.165, 1.54) is 6.08 Å². The number of rotatable bonds is 6. The van der Waals surface area contributed by atoms with Gasteiger partial charge >= 0.3 is 5.97 Å².